The molecule has 0 saturated carbocycles. The lowest BCUT2D eigenvalue weighted by Gasteiger charge is -2.16. The summed E-state index contributed by atoms with van der Waals surface area (Å²) in [6, 6.07) is 25.2. The molecule has 0 fully saturated rings. The van der Waals surface area contributed by atoms with Gasteiger partial charge in [-0.15, -0.1) is 0 Å². The number of rotatable bonds is 2. The smallest absolute Gasteiger partial charge is 0.231 e. The van der Waals surface area contributed by atoms with Crippen molar-refractivity contribution >= 4 is 11.6 Å². The summed E-state index contributed by atoms with van der Waals surface area (Å²) < 4.78 is 0. The molecule has 3 nitrogen and oxygen atoms in total. The average molecular weight is 415 g/mol. The number of allylic oxidation sites excluding steroid dienone is 3. The van der Waals surface area contributed by atoms with E-state index in [1.807, 2.05) is 97.1 Å². The molecule has 0 aliphatic heterocycles. The molecule has 0 bridgehead atoms. The number of nitrogens with two attached hydrogens (primary N) is 1. The molecule has 3 heteroatoms. The molecule has 3 N–H and O–H groups in total. The fourth-order valence-electron chi connectivity index (χ4n) is 3.29. The topological polar surface area (TPSA) is 55.1 Å². The Morgan fingerprint density at radius 1 is 0.781 bits per heavy atom. The highest BCUT2D eigenvalue weighted by atomic mass is 16.1. The molecule has 154 valence electrons. The van der Waals surface area contributed by atoms with Gasteiger partial charge in [0, 0.05) is 40.1 Å². The summed E-state index contributed by atoms with van der Waals surface area (Å²) in [5.74, 6) is 12.3. The van der Waals surface area contributed by atoms with Crippen LogP contribution >= 0.6 is 0 Å². The van der Waals surface area contributed by atoms with E-state index in [2.05, 4.69) is 29.0 Å². The molecular weight excluding hydrogens is 392 g/mol. The van der Waals surface area contributed by atoms with E-state index in [0.717, 1.165) is 22.3 Å². The zero-order valence-electron chi connectivity index (χ0n) is 17.5. The van der Waals surface area contributed by atoms with Crippen molar-refractivity contribution in [1.29, 1.82) is 0 Å². The fraction of sp³-hybridized carbons (Fsp3) is 0.0690. The van der Waals surface area contributed by atoms with Crippen LogP contribution in [0.25, 0.3) is 0 Å². The second-order valence-electron chi connectivity index (χ2n) is 7.46. The van der Waals surface area contributed by atoms with Gasteiger partial charge in [0.2, 0.25) is 5.91 Å². The number of hydrogen-bond acceptors (Lipinski definition) is 2. The Morgan fingerprint density at radius 3 is 1.84 bits per heavy atom. The molecule has 3 aromatic carbocycles. The molecule has 0 saturated heterocycles. The minimum atomic E-state index is -0.294. The third-order valence-corrected chi connectivity index (χ3v) is 4.90. The predicted octanol–water partition coefficient (Wildman–Crippen LogP) is 4.84. The summed E-state index contributed by atoms with van der Waals surface area (Å²) in [5, 5.41) is 3.00. The minimum Gasteiger partial charge on any atom is -0.402 e. The Hall–Kier alpha value is -4.47. The summed E-state index contributed by atoms with van der Waals surface area (Å²) in [4.78, 5) is 12.8. The van der Waals surface area contributed by atoms with Crippen molar-refractivity contribution in [2.45, 2.75) is 6.42 Å². The highest BCUT2D eigenvalue weighted by Gasteiger charge is 2.18. The molecular formula is C29H22N2O. The first kappa shape index (κ1) is 20.8. The van der Waals surface area contributed by atoms with Crippen LogP contribution in [0.3, 0.4) is 0 Å². The zero-order valence-corrected chi connectivity index (χ0v) is 17.5. The summed E-state index contributed by atoms with van der Waals surface area (Å²) in [6.07, 6.45) is 6.01. The van der Waals surface area contributed by atoms with Gasteiger partial charge in [-0.3, -0.25) is 4.79 Å². The van der Waals surface area contributed by atoms with Crippen LogP contribution in [0.15, 0.2) is 103 Å². The second-order valence-corrected chi connectivity index (χ2v) is 7.46. The summed E-state index contributed by atoms with van der Waals surface area (Å²) in [7, 11) is 0. The van der Waals surface area contributed by atoms with Crippen LogP contribution in [-0.2, 0) is 4.79 Å². The monoisotopic (exact) mass is 414 g/mol. The number of hydrogen-bond donors (Lipinski definition) is 2. The van der Waals surface area contributed by atoms with Crippen molar-refractivity contribution in [2.75, 3.05) is 5.32 Å². The van der Waals surface area contributed by atoms with E-state index in [0.29, 0.717) is 17.8 Å². The van der Waals surface area contributed by atoms with Gasteiger partial charge in [-0.25, -0.2) is 0 Å². The number of carbonyl (C=O) groups is 1. The van der Waals surface area contributed by atoms with Gasteiger partial charge in [0.25, 0.3) is 0 Å². The number of anilines is 1. The third kappa shape index (κ3) is 5.79. The molecule has 1 unspecified atom stereocenters. The summed E-state index contributed by atoms with van der Waals surface area (Å²) >= 11 is 0. The first-order chi connectivity index (χ1) is 15.7. The van der Waals surface area contributed by atoms with Crippen molar-refractivity contribution in [2.24, 2.45) is 11.7 Å². The molecule has 4 rings (SSSR count). The molecule has 3 aromatic rings. The highest BCUT2D eigenvalue weighted by Crippen LogP contribution is 2.20. The predicted molar refractivity (Wildman–Crippen MR) is 129 cm³/mol. The van der Waals surface area contributed by atoms with Crippen LogP contribution in [0.2, 0.25) is 0 Å². The van der Waals surface area contributed by atoms with Gasteiger partial charge >= 0.3 is 0 Å². The van der Waals surface area contributed by atoms with Crippen LogP contribution in [0, 0.1) is 29.6 Å². The maximum absolute atomic E-state index is 12.8. The highest BCUT2D eigenvalue weighted by molar-refractivity contribution is 5.94. The zero-order chi connectivity index (χ0) is 22.2. The lowest BCUT2D eigenvalue weighted by Crippen LogP contribution is -2.24. The molecule has 1 aliphatic rings. The van der Waals surface area contributed by atoms with Gasteiger partial charge in [0.15, 0.2) is 0 Å². The van der Waals surface area contributed by atoms with Crippen molar-refractivity contribution in [3.8, 4) is 23.7 Å². The van der Waals surface area contributed by atoms with Crippen molar-refractivity contribution in [1.82, 2.24) is 0 Å². The molecule has 0 aromatic heterocycles. The quantitative estimate of drug-likeness (QED) is 0.590. The van der Waals surface area contributed by atoms with Crippen LogP contribution < -0.4 is 11.1 Å². The fourth-order valence-corrected chi connectivity index (χ4v) is 3.29. The summed E-state index contributed by atoms with van der Waals surface area (Å²) in [5.41, 5.74) is 10.7. The number of nitrogens with one attached hydrogen (secondary N) is 1. The SMILES string of the molecule is NC1=CC=CC(C(=O)Nc2cc(C#Cc3ccccc3)cc(C#Cc3ccccc3)c2)C1. The van der Waals surface area contributed by atoms with Crippen molar-refractivity contribution in [3.05, 3.63) is 125 Å². The van der Waals surface area contributed by atoms with Gasteiger partial charge in [0.1, 0.15) is 0 Å². The van der Waals surface area contributed by atoms with Crippen molar-refractivity contribution in [3.63, 3.8) is 0 Å². The molecule has 0 spiro atoms. The molecule has 1 amide bonds. The molecule has 0 heterocycles. The lowest BCUT2D eigenvalue weighted by atomic mass is 9.97. The minimum absolute atomic E-state index is 0.104. The van der Waals surface area contributed by atoms with Gasteiger partial charge in [-0.2, -0.15) is 0 Å². The van der Waals surface area contributed by atoms with E-state index >= 15 is 0 Å². The van der Waals surface area contributed by atoms with Crippen LogP contribution in [0.4, 0.5) is 5.69 Å². The normalized spacial score (nSPS) is 14.2. The molecule has 0 radical (unpaired) electrons. The van der Waals surface area contributed by atoms with E-state index in [9.17, 15) is 4.79 Å². The first-order valence-electron chi connectivity index (χ1n) is 10.4. The standard InChI is InChI=1S/C29H22N2O/c30-27-13-7-12-26(21-27)29(32)31-28-19-24(16-14-22-8-3-1-4-9-22)18-25(20-28)17-15-23-10-5-2-6-11-23/h1-13,18-20,26H,21,30H2,(H,31,32). The van der Waals surface area contributed by atoms with E-state index in [1.54, 1.807) is 0 Å². The van der Waals surface area contributed by atoms with E-state index in [-0.39, 0.29) is 11.8 Å². The molecule has 32 heavy (non-hydrogen) atoms. The maximum Gasteiger partial charge on any atom is 0.231 e. The summed E-state index contributed by atoms with van der Waals surface area (Å²) in [6.45, 7) is 0. The number of carbonyl (C=O) groups excluding carboxylic acids is 1. The molecule has 1 aliphatic carbocycles. The van der Waals surface area contributed by atoms with Gasteiger partial charge in [-0.05, 0) is 48.5 Å². The van der Waals surface area contributed by atoms with Gasteiger partial charge in [0.05, 0.1) is 5.92 Å². The van der Waals surface area contributed by atoms with Crippen LogP contribution in [-0.4, -0.2) is 5.91 Å². The third-order valence-electron chi connectivity index (χ3n) is 4.90. The Morgan fingerprint density at radius 2 is 1.31 bits per heavy atom. The average Bonchev–Trinajstić information content (AvgIpc) is 2.83. The Balaban J connectivity index is 1.63. The second kappa shape index (κ2) is 10.0. The van der Waals surface area contributed by atoms with Gasteiger partial charge < -0.3 is 11.1 Å². The number of amides is 1. The van der Waals surface area contributed by atoms with E-state index in [1.165, 1.54) is 0 Å². The van der Waals surface area contributed by atoms with Crippen molar-refractivity contribution < 1.29 is 4.79 Å². The Bertz CT molecular complexity index is 1220. The van der Waals surface area contributed by atoms with E-state index in [4.69, 9.17) is 5.73 Å². The van der Waals surface area contributed by atoms with Gasteiger partial charge in [-0.1, -0.05) is 72.2 Å². The maximum atomic E-state index is 12.8. The van der Waals surface area contributed by atoms with Crippen LogP contribution in [0.1, 0.15) is 28.7 Å². The Kier molecular flexibility index (Phi) is 6.51. The molecule has 1 atom stereocenters. The largest absolute Gasteiger partial charge is 0.402 e. The lowest BCUT2D eigenvalue weighted by molar-refractivity contribution is -0.118. The van der Waals surface area contributed by atoms with E-state index < -0.39 is 0 Å². The van der Waals surface area contributed by atoms with Crippen LogP contribution in [0.5, 0.6) is 0 Å². The number of benzene rings is 3. The Labute approximate surface area is 188 Å². The first-order valence-corrected chi connectivity index (χ1v) is 10.4.